The molecule has 156 valence electrons. The summed E-state index contributed by atoms with van der Waals surface area (Å²) in [5.74, 6) is -3.84. The highest BCUT2D eigenvalue weighted by Gasteiger charge is 2.41. The Kier molecular flexibility index (Phi) is 5.42. The number of carbonyl (C=O) groups is 3. The lowest BCUT2D eigenvalue weighted by Gasteiger charge is -2.24. The van der Waals surface area contributed by atoms with E-state index in [2.05, 4.69) is 15.5 Å². The number of carbonyl (C=O) groups excluding carboxylic acids is 3. The van der Waals surface area contributed by atoms with Crippen LogP contribution in [0.3, 0.4) is 0 Å². The Morgan fingerprint density at radius 2 is 1.87 bits per heavy atom. The average Bonchev–Trinajstić information content (AvgIpc) is 3.33. The van der Waals surface area contributed by atoms with Crippen molar-refractivity contribution in [2.75, 3.05) is 11.9 Å². The van der Waals surface area contributed by atoms with Gasteiger partial charge in [0.25, 0.3) is 11.1 Å². The molecular formula is C20H18F2N4O3S. The zero-order valence-corrected chi connectivity index (χ0v) is 16.6. The van der Waals surface area contributed by atoms with Crippen molar-refractivity contribution in [1.82, 2.24) is 15.1 Å². The highest BCUT2D eigenvalue weighted by atomic mass is 32.2. The Hall–Kier alpha value is -3.01. The highest BCUT2D eigenvalue weighted by molar-refractivity contribution is 8.18. The van der Waals surface area contributed by atoms with E-state index >= 15 is 0 Å². The number of benzene rings is 1. The third kappa shape index (κ3) is 4.28. The Labute approximate surface area is 174 Å². The number of H-pyrrole nitrogens is 1. The van der Waals surface area contributed by atoms with E-state index in [-0.39, 0.29) is 30.6 Å². The van der Waals surface area contributed by atoms with Gasteiger partial charge in [-0.25, -0.2) is 8.78 Å². The summed E-state index contributed by atoms with van der Waals surface area (Å²) in [7, 11) is 0. The first-order valence-electron chi connectivity index (χ1n) is 9.35. The van der Waals surface area contributed by atoms with Crippen LogP contribution in [-0.2, 0) is 9.59 Å². The van der Waals surface area contributed by atoms with Gasteiger partial charge in [-0.15, -0.1) is 0 Å². The number of imide groups is 1. The summed E-state index contributed by atoms with van der Waals surface area (Å²) < 4.78 is 26.7. The SMILES string of the molecule is O=C(CN1C(=O)SC(=C2CCC(F)(F)CC2)C1=O)Nc1ccc(-c2ccn[nH]2)cc1. The molecule has 30 heavy (non-hydrogen) atoms. The third-order valence-electron chi connectivity index (χ3n) is 5.04. The van der Waals surface area contributed by atoms with Crippen molar-refractivity contribution in [2.45, 2.75) is 31.6 Å². The van der Waals surface area contributed by atoms with E-state index < -0.39 is 29.5 Å². The van der Waals surface area contributed by atoms with E-state index in [1.807, 2.05) is 6.07 Å². The van der Waals surface area contributed by atoms with Crippen molar-refractivity contribution in [2.24, 2.45) is 0 Å². The van der Waals surface area contributed by atoms with Crippen LogP contribution >= 0.6 is 11.8 Å². The van der Waals surface area contributed by atoms with Crippen LogP contribution in [0.4, 0.5) is 19.3 Å². The first-order chi connectivity index (χ1) is 14.3. The number of halogens is 2. The van der Waals surface area contributed by atoms with Crippen molar-refractivity contribution < 1.29 is 23.2 Å². The summed E-state index contributed by atoms with van der Waals surface area (Å²) in [5.41, 5.74) is 2.81. The predicted octanol–water partition coefficient (Wildman–Crippen LogP) is 4.17. The summed E-state index contributed by atoms with van der Waals surface area (Å²) in [6.45, 7) is -0.431. The summed E-state index contributed by atoms with van der Waals surface area (Å²) in [6.07, 6.45) is 1.13. The number of allylic oxidation sites excluding steroid dienone is 1. The van der Waals surface area contributed by atoms with E-state index in [0.717, 1.165) is 27.9 Å². The molecule has 7 nitrogen and oxygen atoms in total. The Morgan fingerprint density at radius 1 is 1.17 bits per heavy atom. The normalized spacial score (nSPS) is 18.8. The molecule has 0 unspecified atom stereocenters. The second-order valence-electron chi connectivity index (χ2n) is 7.14. The molecule has 1 aromatic heterocycles. The molecule has 2 aliphatic rings. The van der Waals surface area contributed by atoms with E-state index in [0.29, 0.717) is 11.3 Å². The molecule has 2 heterocycles. The molecule has 2 fully saturated rings. The number of hydrogen-bond donors (Lipinski definition) is 2. The Bertz CT molecular complexity index is 1010. The second-order valence-corrected chi connectivity index (χ2v) is 8.11. The smallest absolute Gasteiger partial charge is 0.294 e. The van der Waals surface area contributed by atoms with Crippen molar-refractivity contribution in [3.8, 4) is 11.3 Å². The maximum Gasteiger partial charge on any atom is 0.294 e. The zero-order valence-electron chi connectivity index (χ0n) is 15.8. The lowest BCUT2D eigenvalue weighted by molar-refractivity contribution is -0.127. The van der Waals surface area contributed by atoms with Gasteiger partial charge in [-0.1, -0.05) is 17.7 Å². The minimum Gasteiger partial charge on any atom is -0.325 e. The lowest BCUT2D eigenvalue weighted by atomic mass is 9.91. The minimum atomic E-state index is -2.73. The van der Waals surface area contributed by atoms with Gasteiger partial charge in [0.1, 0.15) is 6.54 Å². The maximum atomic E-state index is 13.3. The number of anilines is 1. The molecule has 4 rings (SSSR count). The van der Waals surface area contributed by atoms with Gasteiger partial charge in [-0.2, -0.15) is 5.10 Å². The molecule has 2 aromatic rings. The van der Waals surface area contributed by atoms with Crippen molar-refractivity contribution in [3.63, 3.8) is 0 Å². The zero-order chi connectivity index (χ0) is 21.3. The molecule has 2 N–H and O–H groups in total. The molecule has 1 aliphatic heterocycles. The molecule has 1 aromatic carbocycles. The van der Waals surface area contributed by atoms with Crippen LogP contribution in [0.15, 0.2) is 47.0 Å². The first-order valence-corrected chi connectivity index (χ1v) is 10.2. The molecule has 1 saturated carbocycles. The van der Waals surface area contributed by atoms with E-state index in [4.69, 9.17) is 0 Å². The summed E-state index contributed by atoms with van der Waals surface area (Å²) in [6, 6.07) is 8.81. The molecule has 0 radical (unpaired) electrons. The molecular weight excluding hydrogens is 414 g/mol. The Morgan fingerprint density at radius 3 is 2.50 bits per heavy atom. The van der Waals surface area contributed by atoms with Crippen LogP contribution in [0.5, 0.6) is 0 Å². The van der Waals surface area contributed by atoms with Gasteiger partial charge in [-0.3, -0.25) is 24.4 Å². The number of rotatable bonds is 4. The van der Waals surface area contributed by atoms with Crippen LogP contribution < -0.4 is 5.32 Å². The summed E-state index contributed by atoms with van der Waals surface area (Å²) >= 11 is 0.720. The fourth-order valence-electron chi connectivity index (χ4n) is 3.39. The molecule has 0 atom stereocenters. The number of amides is 3. The number of thioether (sulfide) groups is 1. The van der Waals surface area contributed by atoms with Crippen LogP contribution in [-0.4, -0.2) is 44.6 Å². The maximum absolute atomic E-state index is 13.3. The number of aromatic nitrogens is 2. The number of nitrogens with one attached hydrogen (secondary N) is 2. The van der Waals surface area contributed by atoms with Crippen LogP contribution in [0.25, 0.3) is 11.3 Å². The van der Waals surface area contributed by atoms with Crippen molar-refractivity contribution in [1.29, 1.82) is 0 Å². The standard InChI is InChI=1S/C20H18F2N4O3S/c21-20(22)8-5-13(6-9-20)17-18(28)26(19(29)30-17)11-16(27)24-14-3-1-12(2-4-14)15-7-10-23-25-15/h1-4,7,10H,5-6,8-9,11H2,(H,23,25)(H,24,27). The number of alkyl halides is 2. The fraction of sp³-hybridized carbons (Fsp3) is 0.300. The van der Waals surface area contributed by atoms with Gasteiger partial charge in [0.15, 0.2) is 0 Å². The number of hydrogen-bond acceptors (Lipinski definition) is 5. The van der Waals surface area contributed by atoms with Gasteiger partial charge < -0.3 is 5.32 Å². The van der Waals surface area contributed by atoms with Crippen molar-refractivity contribution in [3.05, 3.63) is 47.0 Å². The number of nitrogens with zero attached hydrogens (tertiary/aromatic N) is 2. The number of aromatic amines is 1. The van der Waals surface area contributed by atoms with Crippen LogP contribution in [0.1, 0.15) is 25.7 Å². The van der Waals surface area contributed by atoms with Gasteiger partial charge in [-0.05, 0) is 48.4 Å². The van der Waals surface area contributed by atoms with Gasteiger partial charge >= 0.3 is 0 Å². The van der Waals surface area contributed by atoms with E-state index in [1.54, 1.807) is 30.5 Å². The van der Waals surface area contributed by atoms with Crippen LogP contribution in [0, 0.1) is 0 Å². The van der Waals surface area contributed by atoms with Gasteiger partial charge in [0, 0.05) is 24.7 Å². The Balaban J connectivity index is 1.38. The lowest BCUT2D eigenvalue weighted by Crippen LogP contribution is -2.36. The molecule has 0 spiro atoms. The largest absolute Gasteiger partial charge is 0.325 e. The monoisotopic (exact) mass is 432 g/mol. The molecule has 1 saturated heterocycles. The fourth-order valence-corrected chi connectivity index (χ4v) is 4.37. The van der Waals surface area contributed by atoms with Crippen molar-refractivity contribution >= 4 is 34.5 Å². The minimum absolute atomic E-state index is 0.0804. The molecule has 10 heteroatoms. The molecule has 0 bridgehead atoms. The van der Waals surface area contributed by atoms with Crippen LogP contribution in [0.2, 0.25) is 0 Å². The third-order valence-corrected chi connectivity index (χ3v) is 6.10. The molecule has 1 aliphatic carbocycles. The summed E-state index contributed by atoms with van der Waals surface area (Å²) in [5, 5.41) is 8.81. The highest BCUT2D eigenvalue weighted by Crippen LogP contribution is 2.42. The van der Waals surface area contributed by atoms with E-state index in [9.17, 15) is 23.2 Å². The average molecular weight is 432 g/mol. The predicted molar refractivity (Wildman–Crippen MR) is 108 cm³/mol. The van der Waals surface area contributed by atoms with E-state index in [1.165, 1.54) is 0 Å². The first kappa shape index (κ1) is 20.3. The molecule has 3 amide bonds. The quantitative estimate of drug-likeness (QED) is 0.707. The van der Waals surface area contributed by atoms with Gasteiger partial charge in [0.05, 0.1) is 10.6 Å². The topological polar surface area (TPSA) is 95.2 Å². The van der Waals surface area contributed by atoms with Gasteiger partial charge in [0.2, 0.25) is 11.8 Å². The second kappa shape index (κ2) is 8.02. The summed E-state index contributed by atoms with van der Waals surface area (Å²) in [4.78, 5) is 38.2.